The van der Waals surface area contributed by atoms with Crippen molar-refractivity contribution in [3.63, 3.8) is 0 Å². The fraction of sp³-hybridized carbons (Fsp3) is 0.0860. The highest BCUT2D eigenvalue weighted by Crippen LogP contribution is 2.52. The topological polar surface area (TPSA) is 41.7 Å². The molecule has 0 radical (unpaired) electrons. The van der Waals surface area contributed by atoms with Gasteiger partial charge in [-0.2, -0.15) is 5.26 Å². The first-order valence-electron chi connectivity index (χ1n) is 34.7. The predicted octanol–water partition coefficient (Wildman–Crippen LogP) is 23.3. The number of nitrogens with zero attached hydrogens (tertiary/aromatic N) is 6. The molecule has 0 unspecified atom stereocenters. The quantitative estimate of drug-likeness (QED) is 0.114. The third kappa shape index (κ3) is 10.6. The zero-order valence-electron chi connectivity index (χ0n) is 57.0. The minimum Gasteiger partial charge on any atom is -0.311 e. The monoisotopic (exact) mass is 1280 g/mol. The normalized spacial score (nSPS) is 12.4. The second kappa shape index (κ2) is 24.6. The summed E-state index contributed by atoms with van der Waals surface area (Å²) in [6.45, 7) is 13.6. The van der Waals surface area contributed by atoms with Crippen molar-refractivity contribution in [2.24, 2.45) is 0 Å². The Morgan fingerprint density at radius 2 is 0.700 bits per heavy atom. The van der Waals surface area contributed by atoms with Crippen molar-refractivity contribution in [1.82, 2.24) is 4.57 Å². The smallest absolute Gasteiger partial charge is 0.252 e. The van der Waals surface area contributed by atoms with Crippen LogP contribution in [0.5, 0.6) is 0 Å². The van der Waals surface area contributed by atoms with Crippen LogP contribution in [0.15, 0.2) is 334 Å². The van der Waals surface area contributed by atoms with Crippen LogP contribution in [-0.2, 0) is 10.8 Å². The average molecular weight is 1290 g/mol. The van der Waals surface area contributed by atoms with Gasteiger partial charge in [0, 0.05) is 90.0 Å². The van der Waals surface area contributed by atoms with E-state index in [4.69, 9.17) is 0 Å². The van der Waals surface area contributed by atoms with Crippen molar-refractivity contribution in [3.05, 3.63) is 350 Å². The van der Waals surface area contributed by atoms with E-state index in [0.717, 1.165) is 124 Å². The van der Waals surface area contributed by atoms with E-state index in [2.05, 4.69) is 399 Å². The van der Waals surface area contributed by atoms with Gasteiger partial charge in [0.2, 0.25) is 0 Å². The summed E-state index contributed by atoms with van der Waals surface area (Å²) >= 11 is 0. The molecule has 17 rings (SSSR count). The van der Waals surface area contributed by atoms with E-state index in [0.29, 0.717) is 5.56 Å². The predicted molar refractivity (Wildman–Crippen MR) is 423 cm³/mol. The van der Waals surface area contributed by atoms with E-state index in [-0.39, 0.29) is 17.5 Å². The minimum atomic E-state index is -0.287. The van der Waals surface area contributed by atoms with E-state index in [9.17, 15) is 5.26 Å². The summed E-state index contributed by atoms with van der Waals surface area (Å²) in [6.07, 6.45) is 0. The summed E-state index contributed by atoms with van der Waals surface area (Å²) in [6, 6.07) is 124. The first-order chi connectivity index (χ1) is 48.9. The number of hydrogen-bond acceptors (Lipinski definition) is 5. The molecule has 1 aromatic heterocycles. The zero-order valence-corrected chi connectivity index (χ0v) is 57.0. The molecule has 15 aromatic rings. The van der Waals surface area contributed by atoms with Crippen molar-refractivity contribution in [2.75, 3.05) is 19.6 Å². The standard InChI is InChI=1S/C93H73BN6/c1-92(2,3)67-46-53-85-79(57-67)80-58-68(93(4,5)6)47-54-86(80)98(85)75-50-52-82-88(61-75)100(84-44-28-26-42-77(84)64-31-15-8-16-32-64)90-56-66(78-59-73(48-45-65(78)62-95)96(69-33-17-9-18-34-69)70-35-19-10-20-36-70)55-89-91(90)94(82)81-51-49-74(97(71-37-21-11-22-38-71)72-39-23-12-24-40-72)60-87(81)99(89)83-43-27-25-41-76(83)63-29-13-7-14-30-63/h7-61H,1-6H3. The second-order valence-electron chi connectivity index (χ2n) is 28.4. The van der Waals surface area contributed by atoms with Gasteiger partial charge in [-0.25, -0.2) is 0 Å². The van der Waals surface area contributed by atoms with E-state index < -0.39 is 0 Å². The van der Waals surface area contributed by atoms with Crippen molar-refractivity contribution >= 4 is 113 Å². The first kappa shape index (κ1) is 61.2. The van der Waals surface area contributed by atoms with Crippen molar-refractivity contribution in [3.8, 4) is 45.1 Å². The molecule has 0 fully saturated rings. The van der Waals surface area contributed by atoms with E-state index in [1.54, 1.807) is 0 Å². The Labute approximate surface area is 586 Å². The van der Waals surface area contributed by atoms with Crippen LogP contribution < -0.4 is 36.0 Å². The molecule has 0 amide bonds. The van der Waals surface area contributed by atoms with Gasteiger partial charge >= 0.3 is 0 Å². The third-order valence-electron chi connectivity index (χ3n) is 20.3. The lowest BCUT2D eigenvalue weighted by molar-refractivity contribution is 0.590. The van der Waals surface area contributed by atoms with Gasteiger partial charge in [-0.1, -0.05) is 236 Å². The Bertz CT molecular complexity index is 5500. The van der Waals surface area contributed by atoms with Crippen LogP contribution >= 0.6 is 0 Å². The summed E-state index contributed by atoms with van der Waals surface area (Å²) in [5.74, 6) is 0. The number of nitriles is 1. The number of hydrogen-bond donors (Lipinski definition) is 0. The van der Waals surface area contributed by atoms with Crippen LogP contribution in [0.4, 0.5) is 68.2 Å². The molecule has 0 bridgehead atoms. The highest BCUT2D eigenvalue weighted by Gasteiger charge is 2.45. The summed E-state index contributed by atoms with van der Waals surface area (Å²) in [5, 5.41) is 14.1. The summed E-state index contributed by atoms with van der Waals surface area (Å²) in [7, 11) is 0. The third-order valence-corrected chi connectivity index (χ3v) is 20.3. The molecule has 6 nitrogen and oxygen atoms in total. The van der Waals surface area contributed by atoms with Gasteiger partial charge in [0.25, 0.3) is 6.71 Å². The van der Waals surface area contributed by atoms with Gasteiger partial charge in [-0.15, -0.1) is 0 Å². The number of aromatic nitrogens is 1. The number of fused-ring (bicyclic) bond motifs is 7. The molecule has 14 aromatic carbocycles. The second-order valence-corrected chi connectivity index (χ2v) is 28.4. The van der Waals surface area contributed by atoms with Gasteiger partial charge in [0.15, 0.2) is 0 Å². The van der Waals surface area contributed by atoms with Gasteiger partial charge in [0.05, 0.1) is 34.0 Å². The number of anilines is 12. The highest BCUT2D eigenvalue weighted by atomic mass is 15.2. The number of rotatable bonds is 12. The van der Waals surface area contributed by atoms with Crippen LogP contribution in [0.3, 0.4) is 0 Å². The SMILES string of the molecule is CC(C)(C)c1ccc2c(c1)c1cc(C(C)(C)C)ccc1n2-c1ccc2c(c1)N(c1ccccc1-c1ccccc1)c1cc(-c3cc(N(c4ccccc4)c4ccccc4)ccc3C#N)cc3c1B2c1ccc(N(c2ccccc2)c2ccccc2)cc1N3c1ccccc1-c1ccccc1. The molecule has 0 saturated carbocycles. The first-order valence-corrected chi connectivity index (χ1v) is 34.7. The van der Waals surface area contributed by atoms with Gasteiger partial charge in [0.1, 0.15) is 0 Å². The van der Waals surface area contributed by atoms with Crippen LogP contribution in [-0.4, -0.2) is 11.3 Å². The molecule has 0 spiro atoms. The largest absolute Gasteiger partial charge is 0.311 e. The Balaban J connectivity index is 1.01. The molecule has 0 N–H and O–H groups in total. The molecule has 2 aliphatic heterocycles. The van der Waals surface area contributed by atoms with Crippen LogP contribution in [0, 0.1) is 11.3 Å². The lowest BCUT2D eigenvalue weighted by atomic mass is 9.33. The molecular weight excluding hydrogens is 1210 g/mol. The Morgan fingerprint density at radius 1 is 0.310 bits per heavy atom. The molecule has 0 aliphatic carbocycles. The van der Waals surface area contributed by atoms with E-state index >= 15 is 0 Å². The summed E-state index contributed by atoms with van der Waals surface area (Å²) in [5.41, 5.74) is 28.2. The van der Waals surface area contributed by atoms with Gasteiger partial charge in [-0.3, -0.25) is 0 Å². The zero-order chi connectivity index (χ0) is 67.8. The maximum atomic E-state index is 11.7. The lowest BCUT2D eigenvalue weighted by Crippen LogP contribution is -2.61. The fourth-order valence-corrected chi connectivity index (χ4v) is 15.4. The fourth-order valence-electron chi connectivity index (χ4n) is 15.4. The Kier molecular flexibility index (Phi) is 15.1. The Morgan fingerprint density at radius 3 is 1.14 bits per heavy atom. The van der Waals surface area contributed by atoms with E-state index in [1.807, 2.05) is 6.07 Å². The minimum absolute atomic E-state index is 0.0655. The maximum absolute atomic E-state index is 11.7. The molecule has 2 aliphatic rings. The number of para-hydroxylation sites is 6. The molecule has 478 valence electrons. The molecule has 100 heavy (non-hydrogen) atoms. The van der Waals surface area contributed by atoms with Crippen LogP contribution in [0.2, 0.25) is 0 Å². The molecule has 7 heteroatoms. The van der Waals surface area contributed by atoms with Crippen molar-refractivity contribution in [2.45, 2.75) is 52.4 Å². The van der Waals surface area contributed by atoms with Gasteiger partial charge in [-0.05, 0) is 195 Å². The molecular formula is C93H73BN6. The summed E-state index contributed by atoms with van der Waals surface area (Å²) in [4.78, 5) is 9.77. The molecule has 3 heterocycles. The number of benzene rings is 14. The average Bonchev–Trinajstić information content (AvgIpc) is 0.709. The van der Waals surface area contributed by atoms with Crippen molar-refractivity contribution in [1.29, 1.82) is 5.26 Å². The Hall–Kier alpha value is -12.4. The van der Waals surface area contributed by atoms with Crippen molar-refractivity contribution < 1.29 is 0 Å². The molecule has 0 saturated heterocycles. The summed E-state index contributed by atoms with van der Waals surface area (Å²) < 4.78 is 2.50. The van der Waals surface area contributed by atoms with E-state index in [1.165, 1.54) is 32.8 Å². The lowest BCUT2D eigenvalue weighted by Gasteiger charge is -2.45. The maximum Gasteiger partial charge on any atom is 0.252 e. The van der Waals surface area contributed by atoms with Gasteiger partial charge < -0.3 is 24.2 Å². The highest BCUT2D eigenvalue weighted by molar-refractivity contribution is 7.00. The van der Waals surface area contributed by atoms with Crippen LogP contribution in [0.1, 0.15) is 58.2 Å². The molecule has 0 atom stereocenters. The van der Waals surface area contributed by atoms with Crippen LogP contribution in [0.25, 0.3) is 60.9 Å².